The summed E-state index contributed by atoms with van der Waals surface area (Å²) in [5.41, 5.74) is 2.92. The molecule has 23 heavy (non-hydrogen) atoms. The van der Waals surface area contributed by atoms with Crippen LogP contribution in [0.1, 0.15) is 44.7 Å². The average Bonchev–Trinajstić information content (AvgIpc) is 3.04. The number of carbonyl (C=O) groups is 1. The maximum absolute atomic E-state index is 11.4. The first-order valence-corrected chi connectivity index (χ1v) is 8.28. The van der Waals surface area contributed by atoms with Crippen molar-refractivity contribution >= 4 is 5.91 Å². The molecule has 3 heterocycles. The predicted molar refractivity (Wildman–Crippen MR) is 87.8 cm³/mol. The molecule has 1 aliphatic rings. The maximum Gasteiger partial charge on any atom is 0.219 e. The lowest BCUT2D eigenvalue weighted by Gasteiger charge is -2.30. The fourth-order valence-corrected chi connectivity index (χ4v) is 3.13. The molecule has 0 atom stereocenters. The SMILES string of the molecule is CCCn1nccc1-c1cncc(C2CCN(C(C)=O)CC2)n1. The molecule has 122 valence electrons. The minimum atomic E-state index is 0.159. The smallest absolute Gasteiger partial charge is 0.219 e. The Labute approximate surface area is 136 Å². The summed E-state index contributed by atoms with van der Waals surface area (Å²) in [5, 5.41) is 4.36. The van der Waals surface area contributed by atoms with Gasteiger partial charge in [-0.2, -0.15) is 5.10 Å². The van der Waals surface area contributed by atoms with Gasteiger partial charge in [0.15, 0.2) is 0 Å². The number of piperidine rings is 1. The first kappa shape index (κ1) is 15.6. The fraction of sp³-hybridized carbons (Fsp3) is 0.529. The summed E-state index contributed by atoms with van der Waals surface area (Å²) in [7, 11) is 0. The van der Waals surface area contributed by atoms with Crippen LogP contribution >= 0.6 is 0 Å². The Morgan fingerprint density at radius 2 is 2.09 bits per heavy atom. The first-order valence-electron chi connectivity index (χ1n) is 8.28. The Kier molecular flexibility index (Phi) is 4.69. The molecule has 6 nitrogen and oxygen atoms in total. The number of amides is 1. The molecule has 0 spiro atoms. The molecule has 0 saturated carbocycles. The van der Waals surface area contributed by atoms with E-state index in [9.17, 15) is 4.79 Å². The second-order valence-corrected chi connectivity index (χ2v) is 6.05. The molecule has 0 bridgehead atoms. The van der Waals surface area contributed by atoms with Crippen molar-refractivity contribution in [1.29, 1.82) is 0 Å². The summed E-state index contributed by atoms with van der Waals surface area (Å²) >= 11 is 0. The number of hydrogen-bond donors (Lipinski definition) is 0. The van der Waals surface area contributed by atoms with Gasteiger partial charge in [0, 0.05) is 44.9 Å². The lowest BCUT2D eigenvalue weighted by atomic mass is 9.93. The zero-order valence-electron chi connectivity index (χ0n) is 13.8. The topological polar surface area (TPSA) is 63.9 Å². The van der Waals surface area contributed by atoms with E-state index >= 15 is 0 Å². The van der Waals surface area contributed by atoms with E-state index in [1.807, 2.05) is 28.0 Å². The van der Waals surface area contributed by atoms with E-state index < -0.39 is 0 Å². The van der Waals surface area contributed by atoms with Gasteiger partial charge in [0.1, 0.15) is 5.69 Å². The molecule has 0 aliphatic carbocycles. The monoisotopic (exact) mass is 313 g/mol. The number of aryl methyl sites for hydroxylation is 1. The molecule has 2 aromatic rings. The van der Waals surface area contributed by atoms with E-state index in [1.54, 1.807) is 13.1 Å². The molecule has 1 amide bonds. The van der Waals surface area contributed by atoms with Gasteiger partial charge in [-0.05, 0) is 25.3 Å². The number of hydrogen-bond acceptors (Lipinski definition) is 4. The Morgan fingerprint density at radius 1 is 1.30 bits per heavy atom. The molecule has 0 radical (unpaired) electrons. The summed E-state index contributed by atoms with van der Waals surface area (Å²) in [5.74, 6) is 0.535. The van der Waals surface area contributed by atoms with Gasteiger partial charge < -0.3 is 4.90 Å². The molecule has 1 fully saturated rings. The van der Waals surface area contributed by atoms with Gasteiger partial charge in [-0.25, -0.2) is 4.98 Å². The van der Waals surface area contributed by atoms with Gasteiger partial charge in [0.2, 0.25) is 5.91 Å². The van der Waals surface area contributed by atoms with Gasteiger partial charge in [0.05, 0.1) is 17.6 Å². The highest BCUT2D eigenvalue weighted by molar-refractivity contribution is 5.73. The summed E-state index contributed by atoms with van der Waals surface area (Å²) in [6, 6.07) is 1.99. The Morgan fingerprint density at radius 3 is 2.78 bits per heavy atom. The van der Waals surface area contributed by atoms with Crippen molar-refractivity contribution in [3.05, 3.63) is 30.4 Å². The van der Waals surface area contributed by atoms with Gasteiger partial charge in [-0.3, -0.25) is 14.5 Å². The predicted octanol–water partition coefficient (Wildman–Crippen LogP) is 2.48. The third-order valence-electron chi connectivity index (χ3n) is 4.43. The van der Waals surface area contributed by atoms with Crippen LogP contribution in [0.25, 0.3) is 11.4 Å². The van der Waals surface area contributed by atoms with Crippen LogP contribution in [0.5, 0.6) is 0 Å². The third-order valence-corrected chi connectivity index (χ3v) is 4.43. The Hall–Kier alpha value is -2.24. The van der Waals surface area contributed by atoms with Gasteiger partial charge in [-0.1, -0.05) is 6.92 Å². The Bertz CT molecular complexity index is 673. The first-order chi connectivity index (χ1) is 11.2. The van der Waals surface area contributed by atoms with Gasteiger partial charge in [0.25, 0.3) is 0 Å². The van der Waals surface area contributed by atoms with Crippen LogP contribution in [-0.4, -0.2) is 43.6 Å². The summed E-state index contributed by atoms with van der Waals surface area (Å²) < 4.78 is 1.98. The van der Waals surface area contributed by atoms with Crippen molar-refractivity contribution in [2.45, 2.75) is 45.6 Å². The van der Waals surface area contributed by atoms with E-state index in [-0.39, 0.29) is 5.91 Å². The van der Waals surface area contributed by atoms with Crippen LogP contribution in [0, 0.1) is 0 Å². The van der Waals surface area contributed by atoms with Gasteiger partial charge >= 0.3 is 0 Å². The molecule has 0 aromatic carbocycles. The van der Waals surface area contributed by atoms with Crippen LogP contribution in [0.2, 0.25) is 0 Å². The van der Waals surface area contributed by atoms with Crippen LogP contribution in [0.3, 0.4) is 0 Å². The zero-order chi connectivity index (χ0) is 16.2. The highest BCUT2D eigenvalue weighted by atomic mass is 16.2. The van der Waals surface area contributed by atoms with Crippen molar-refractivity contribution in [2.24, 2.45) is 0 Å². The quantitative estimate of drug-likeness (QED) is 0.870. The van der Waals surface area contributed by atoms with Crippen molar-refractivity contribution in [1.82, 2.24) is 24.6 Å². The number of likely N-dealkylation sites (tertiary alicyclic amines) is 1. The van der Waals surface area contributed by atoms with Crippen molar-refractivity contribution in [3.8, 4) is 11.4 Å². The standard InChI is InChI=1S/C17H23N5O/c1-3-8-22-17(4-7-19-22)16-12-18-11-15(20-16)14-5-9-21(10-6-14)13(2)23/h4,7,11-12,14H,3,5-6,8-10H2,1-2H3. The minimum absolute atomic E-state index is 0.159. The molecule has 2 aromatic heterocycles. The van der Waals surface area contributed by atoms with E-state index in [0.717, 1.165) is 56.0 Å². The van der Waals surface area contributed by atoms with Crippen molar-refractivity contribution < 1.29 is 4.79 Å². The van der Waals surface area contributed by atoms with Crippen molar-refractivity contribution in [3.63, 3.8) is 0 Å². The zero-order valence-corrected chi connectivity index (χ0v) is 13.8. The van der Waals surface area contributed by atoms with Crippen LogP contribution in [0.4, 0.5) is 0 Å². The second kappa shape index (κ2) is 6.89. The van der Waals surface area contributed by atoms with Crippen LogP contribution in [0.15, 0.2) is 24.7 Å². The lowest BCUT2D eigenvalue weighted by Crippen LogP contribution is -2.36. The van der Waals surface area contributed by atoms with E-state index in [2.05, 4.69) is 17.0 Å². The molecule has 6 heteroatoms. The van der Waals surface area contributed by atoms with Crippen LogP contribution in [-0.2, 0) is 11.3 Å². The lowest BCUT2D eigenvalue weighted by molar-refractivity contribution is -0.129. The number of aromatic nitrogens is 4. The fourth-order valence-electron chi connectivity index (χ4n) is 3.13. The molecule has 0 N–H and O–H groups in total. The molecule has 1 aliphatic heterocycles. The largest absolute Gasteiger partial charge is 0.343 e. The van der Waals surface area contributed by atoms with E-state index in [4.69, 9.17) is 4.98 Å². The van der Waals surface area contributed by atoms with Crippen molar-refractivity contribution in [2.75, 3.05) is 13.1 Å². The molecular weight excluding hydrogens is 290 g/mol. The number of nitrogens with zero attached hydrogens (tertiary/aromatic N) is 5. The highest BCUT2D eigenvalue weighted by Crippen LogP contribution is 2.28. The second-order valence-electron chi connectivity index (χ2n) is 6.05. The number of carbonyl (C=O) groups excluding carboxylic acids is 1. The normalized spacial score (nSPS) is 15.8. The molecular formula is C17H23N5O. The minimum Gasteiger partial charge on any atom is -0.343 e. The summed E-state index contributed by atoms with van der Waals surface area (Å²) in [4.78, 5) is 22.6. The Balaban J connectivity index is 1.78. The van der Waals surface area contributed by atoms with Crippen LogP contribution < -0.4 is 0 Å². The summed E-state index contributed by atoms with van der Waals surface area (Å²) in [6.07, 6.45) is 8.41. The molecule has 0 unspecified atom stereocenters. The molecule has 3 rings (SSSR count). The average molecular weight is 313 g/mol. The third kappa shape index (κ3) is 3.41. The summed E-state index contributed by atoms with van der Waals surface area (Å²) in [6.45, 7) is 6.26. The number of rotatable bonds is 4. The highest BCUT2D eigenvalue weighted by Gasteiger charge is 2.23. The van der Waals surface area contributed by atoms with Gasteiger partial charge in [-0.15, -0.1) is 0 Å². The maximum atomic E-state index is 11.4. The van der Waals surface area contributed by atoms with E-state index in [0.29, 0.717) is 5.92 Å². The van der Waals surface area contributed by atoms with E-state index in [1.165, 1.54) is 0 Å². The molecule has 1 saturated heterocycles.